The fraction of sp³-hybridized carbons (Fsp3) is 0.577. The molecule has 2 aliphatic rings. The smallest absolute Gasteiger partial charge is 0.351 e. The lowest BCUT2D eigenvalue weighted by molar-refractivity contribution is -0.130. The molecule has 0 radical (unpaired) electrons. The van der Waals surface area contributed by atoms with Crippen molar-refractivity contribution < 1.29 is 14.0 Å². The van der Waals surface area contributed by atoms with Gasteiger partial charge in [-0.3, -0.25) is 9.36 Å². The summed E-state index contributed by atoms with van der Waals surface area (Å²) in [6.45, 7) is 15.6. The molecular weight excluding hydrogens is 446 g/mol. The standard InChI is InChI=1S/C26H37N3O4Si/c1-8-26-16-17(2)20(21(26)33-34(6,7)25(3,4)5)23(32-26)29-15-14-19(28-24(29)31)27-22(30)18-12-10-9-11-13-18/h9-15,17,20-21,23H,8,16H2,1-7H3,(H,27,28,30,31)/t17-,20-,21+,23-,26+/m1/s1. The van der Waals surface area contributed by atoms with Crippen LogP contribution in [-0.4, -0.2) is 35.5 Å². The van der Waals surface area contributed by atoms with E-state index in [2.05, 4.69) is 58.0 Å². The SMILES string of the molecule is CC[C@@]12C[C@@H](C)[C@@H]([C@H](n3ccc(NC(=O)c4ccccc4)nc3=O)O1)[C@@H]2O[Si](C)(C)C(C)(C)C. The highest BCUT2D eigenvalue weighted by Gasteiger charge is 2.64. The molecule has 1 aromatic carbocycles. The lowest BCUT2D eigenvalue weighted by atomic mass is 9.94. The summed E-state index contributed by atoms with van der Waals surface area (Å²) in [5.41, 5.74) is -0.327. The number of ether oxygens (including phenoxy) is 1. The summed E-state index contributed by atoms with van der Waals surface area (Å²) in [6, 6.07) is 10.5. The van der Waals surface area contributed by atoms with Crippen molar-refractivity contribution in [2.75, 3.05) is 5.32 Å². The van der Waals surface area contributed by atoms with E-state index in [0.29, 0.717) is 11.5 Å². The number of carbonyl (C=O) groups is 1. The third-order valence-electron chi connectivity index (χ3n) is 8.09. The molecule has 1 saturated heterocycles. The highest BCUT2D eigenvalue weighted by Crippen LogP contribution is 2.59. The molecule has 2 fully saturated rings. The molecule has 1 N–H and O–H groups in total. The molecule has 2 aromatic rings. The Morgan fingerprint density at radius 1 is 1.26 bits per heavy atom. The maximum atomic E-state index is 13.1. The molecule has 0 spiro atoms. The summed E-state index contributed by atoms with van der Waals surface area (Å²) in [6.07, 6.45) is 2.95. The summed E-state index contributed by atoms with van der Waals surface area (Å²) in [7, 11) is -2.04. The number of rotatable bonds is 6. The minimum Gasteiger partial charge on any atom is -0.411 e. The largest absolute Gasteiger partial charge is 0.411 e. The summed E-state index contributed by atoms with van der Waals surface area (Å²) in [5.74, 6) is 0.351. The van der Waals surface area contributed by atoms with E-state index in [1.54, 1.807) is 41.1 Å². The second-order valence-corrected chi connectivity index (χ2v) is 16.1. The predicted octanol–water partition coefficient (Wildman–Crippen LogP) is 5.22. The van der Waals surface area contributed by atoms with Gasteiger partial charge in [-0.1, -0.05) is 52.8 Å². The average Bonchev–Trinajstić information content (AvgIpc) is 3.21. The van der Waals surface area contributed by atoms with Crippen LogP contribution in [0.1, 0.15) is 64.0 Å². The van der Waals surface area contributed by atoms with Gasteiger partial charge in [-0.25, -0.2) is 4.79 Å². The number of benzene rings is 1. The van der Waals surface area contributed by atoms with Crippen molar-refractivity contribution in [3.05, 3.63) is 58.6 Å². The molecule has 34 heavy (non-hydrogen) atoms. The number of aromatic nitrogens is 2. The molecular formula is C26H37N3O4Si. The van der Waals surface area contributed by atoms with Crippen molar-refractivity contribution in [2.45, 2.75) is 83.5 Å². The van der Waals surface area contributed by atoms with Crippen LogP contribution in [0.2, 0.25) is 18.1 Å². The Balaban J connectivity index is 1.60. The van der Waals surface area contributed by atoms with Crippen molar-refractivity contribution >= 4 is 20.0 Å². The van der Waals surface area contributed by atoms with Gasteiger partial charge in [0.05, 0.1) is 11.7 Å². The highest BCUT2D eigenvalue weighted by atomic mass is 28.4. The van der Waals surface area contributed by atoms with Crippen molar-refractivity contribution in [3.63, 3.8) is 0 Å². The van der Waals surface area contributed by atoms with Gasteiger partial charge in [0.15, 0.2) is 8.32 Å². The quantitative estimate of drug-likeness (QED) is 0.570. The number of carbonyl (C=O) groups excluding carboxylic acids is 1. The first-order chi connectivity index (χ1) is 15.9. The second kappa shape index (κ2) is 8.73. The van der Waals surface area contributed by atoms with Crippen LogP contribution in [0.25, 0.3) is 0 Å². The minimum absolute atomic E-state index is 0.0530. The summed E-state index contributed by atoms with van der Waals surface area (Å²) in [5, 5.41) is 2.79. The number of nitrogens with one attached hydrogen (secondary N) is 1. The fourth-order valence-electron chi connectivity index (χ4n) is 5.12. The number of hydrogen-bond acceptors (Lipinski definition) is 5. The van der Waals surface area contributed by atoms with Gasteiger partial charge in [0.25, 0.3) is 5.91 Å². The molecule has 1 amide bonds. The van der Waals surface area contributed by atoms with E-state index < -0.39 is 25.8 Å². The number of fused-ring (bicyclic) bond motifs is 2. The molecule has 2 heterocycles. The van der Waals surface area contributed by atoms with E-state index in [1.165, 1.54) is 0 Å². The first-order valence-corrected chi connectivity index (χ1v) is 15.1. The molecule has 8 heteroatoms. The van der Waals surface area contributed by atoms with Crippen LogP contribution >= 0.6 is 0 Å². The van der Waals surface area contributed by atoms with Gasteiger partial charge in [0.1, 0.15) is 12.0 Å². The van der Waals surface area contributed by atoms with Gasteiger partial charge in [-0.15, -0.1) is 0 Å². The van der Waals surface area contributed by atoms with E-state index >= 15 is 0 Å². The van der Waals surface area contributed by atoms with Gasteiger partial charge in [0, 0.05) is 17.7 Å². The maximum absolute atomic E-state index is 13.1. The molecule has 7 nitrogen and oxygen atoms in total. The molecule has 2 bridgehead atoms. The van der Waals surface area contributed by atoms with Gasteiger partial charge in [-0.2, -0.15) is 4.98 Å². The third-order valence-corrected chi connectivity index (χ3v) is 12.5. The lowest BCUT2D eigenvalue weighted by Crippen LogP contribution is -2.49. The Labute approximate surface area is 203 Å². The van der Waals surface area contributed by atoms with Crippen LogP contribution in [0.5, 0.6) is 0 Å². The Kier molecular flexibility index (Phi) is 6.37. The van der Waals surface area contributed by atoms with Crippen LogP contribution in [0.3, 0.4) is 0 Å². The number of nitrogens with zero attached hydrogens (tertiary/aromatic N) is 2. The summed E-state index contributed by atoms with van der Waals surface area (Å²) >= 11 is 0. The van der Waals surface area contributed by atoms with Crippen molar-refractivity contribution in [1.29, 1.82) is 0 Å². The van der Waals surface area contributed by atoms with Gasteiger partial charge in [0.2, 0.25) is 0 Å². The van der Waals surface area contributed by atoms with Gasteiger partial charge >= 0.3 is 5.69 Å². The molecule has 1 aliphatic carbocycles. The van der Waals surface area contributed by atoms with E-state index in [9.17, 15) is 9.59 Å². The molecule has 1 aliphatic heterocycles. The number of anilines is 1. The maximum Gasteiger partial charge on any atom is 0.351 e. The van der Waals surface area contributed by atoms with E-state index in [-0.39, 0.29) is 28.8 Å². The molecule has 184 valence electrons. The normalized spacial score (nSPS) is 28.8. The number of hydrogen-bond donors (Lipinski definition) is 1. The van der Waals surface area contributed by atoms with Crippen LogP contribution in [0.15, 0.2) is 47.4 Å². The fourth-order valence-corrected chi connectivity index (χ4v) is 6.48. The van der Waals surface area contributed by atoms with E-state index in [4.69, 9.17) is 9.16 Å². The van der Waals surface area contributed by atoms with Gasteiger partial charge in [-0.05, 0) is 55.1 Å². The summed E-state index contributed by atoms with van der Waals surface area (Å²) < 4.78 is 15.1. The lowest BCUT2D eigenvalue weighted by Gasteiger charge is -2.41. The first kappa shape index (κ1) is 24.8. The summed E-state index contributed by atoms with van der Waals surface area (Å²) in [4.78, 5) is 29.7. The average molecular weight is 484 g/mol. The van der Waals surface area contributed by atoms with Crippen molar-refractivity contribution in [3.8, 4) is 0 Å². The van der Waals surface area contributed by atoms with E-state index in [1.807, 2.05) is 6.07 Å². The Bertz CT molecular complexity index is 1110. The minimum atomic E-state index is -2.04. The van der Waals surface area contributed by atoms with Crippen molar-refractivity contribution in [2.24, 2.45) is 11.8 Å². The Morgan fingerprint density at radius 2 is 1.94 bits per heavy atom. The van der Waals surface area contributed by atoms with Crippen LogP contribution in [-0.2, 0) is 9.16 Å². The first-order valence-electron chi connectivity index (χ1n) is 12.2. The highest BCUT2D eigenvalue weighted by molar-refractivity contribution is 6.74. The van der Waals surface area contributed by atoms with Crippen LogP contribution in [0, 0.1) is 11.8 Å². The predicted molar refractivity (Wildman–Crippen MR) is 135 cm³/mol. The van der Waals surface area contributed by atoms with Crippen LogP contribution < -0.4 is 11.0 Å². The second-order valence-electron chi connectivity index (χ2n) is 11.3. The topological polar surface area (TPSA) is 82.5 Å². The third kappa shape index (κ3) is 4.27. The van der Waals surface area contributed by atoms with Crippen molar-refractivity contribution in [1.82, 2.24) is 9.55 Å². The number of amides is 1. The molecule has 1 saturated carbocycles. The molecule has 0 unspecified atom stereocenters. The van der Waals surface area contributed by atoms with Crippen LogP contribution in [0.4, 0.5) is 5.82 Å². The van der Waals surface area contributed by atoms with Gasteiger partial charge < -0.3 is 14.5 Å². The molecule has 4 rings (SSSR count). The zero-order valence-electron chi connectivity index (χ0n) is 21.3. The zero-order valence-corrected chi connectivity index (χ0v) is 22.3. The molecule has 5 atom stereocenters. The Morgan fingerprint density at radius 3 is 2.53 bits per heavy atom. The Hall–Kier alpha value is -2.29. The molecule has 1 aromatic heterocycles. The zero-order chi connectivity index (χ0) is 24.9. The van der Waals surface area contributed by atoms with E-state index in [0.717, 1.165) is 12.8 Å². The monoisotopic (exact) mass is 483 g/mol.